The molecule has 0 saturated carbocycles. The molecule has 0 aliphatic carbocycles. The monoisotopic (exact) mass is 429 g/mol. The minimum atomic E-state index is -0.439. The van der Waals surface area contributed by atoms with Crippen LogP contribution in [0.2, 0.25) is 0 Å². The molecule has 0 radical (unpaired) electrons. The number of amides is 1. The van der Waals surface area contributed by atoms with Crippen LogP contribution in [0.4, 0.5) is 0 Å². The zero-order valence-corrected chi connectivity index (χ0v) is 17.6. The molecule has 0 aliphatic heterocycles. The predicted molar refractivity (Wildman–Crippen MR) is 114 cm³/mol. The molecular formula is C20H23N5O4S. The molecule has 0 atom stereocenters. The highest BCUT2D eigenvalue weighted by Gasteiger charge is 2.09. The minimum absolute atomic E-state index is 0.274. The van der Waals surface area contributed by atoms with Crippen LogP contribution in [0.15, 0.2) is 43.9 Å². The van der Waals surface area contributed by atoms with Crippen molar-refractivity contribution >= 4 is 23.3 Å². The van der Waals surface area contributed by atoms with Crippen LogP contribution in [0, 0.1) is 0 Å². The first-order valence-electron chi connectivity index (χ1n) is 9.54. The lowest BCUT2D eigenvalue weighted by Gasteiger charge is -2.04. The molecule has 0 bridgehead atoms. The molecule has 0 fully saturated rings. The van der Waals surface area contributed by atoms with Gasteiger partial charge >= 0.3 is 5.69 Å². The fourth-order valence-corrected chi connectivity index (χ4v) is 3.48. The summed E-state index contributed by atoms with van der Waals surface area (Å²) in [5.74, 6) is 0.944. The summed E-state index contributed by atoms with van der Waals surface area (Å²) in [6, 6.07) is 3.90. The van der Waals surface area contributed by atoms with E-state index in [1.54, 1.807) is 18.4 Å². The summed E-state index contributed by atoms with van der Waals surface area (Å²) in [6.07, 6.45) is 7.42. The molecule has 3 heterocycles. The quantitative estimate of drug-likeness (QED) is 0.410. The van der Waals surface area contributed by atoms with E-state index in [2.05, 4.69) is 15.5 Å². The van der Waals surface area contributed by atoms with Gasteiger partial charge < -0.3 is 14.4 Å². The van der Waals surface area contributed by atoms with Gasteiger partial charge in [0.25, 0.3) is 5.56 Å². The van der Waals surface area contributed by atoms with E-state index >= 15 is 0 Å². The van der Waals surface area contributed by atoms with Gasteiger partial charge in [0.1, 0.15) is 0 Å². The van der Waals surface area contributed by atoms with E-state index in [4.69, 9.17) is 4.52 Å². The number of unbranched alkanes of at least 4 members (excludes halogenated alkanes) is 2. The van der Waals surface area contributed by atoms with Crippen molar-refractivity contribution in [3.8, 4) is 10.7 Å². The summed E-state index contributed by atoms with van der Waals surface area (Å²) in [7, 11) is 2.95. The van der Waals surface area contributed by atoms with Crippen LogP contribution in [0.1, 0.15) is 30.7 Å². The average Bonchev–Trinajstić information content (AvgIpc) is 3.42. The van der Waals surface area contributed by atoms with Gasteiger partial charge in [-0.15, -0.1) is 11.3 Å². The number of rotatable bonds is 9. The fourth-order valence-electron chi connectivity index (χ4n) is 2.83. The Bertz CT molecular complexity index is 1140. The van der Waals surface area contributed by atoms with Gasteiger partial charge in [-0.3, -0.25) is 14.2 Å². The van der Waals surface area contributed by atoms with Crippen LogP contribution in [0.25, 0.3) is 16.8 Å². The van der Waals surface area contributed by atoms with Crippen molar-refractivity contribution in [2.24, 2.45) is 14.1 Å². The van der Waals surface area contributed by atoms with Gasteiger partial charge in [0.2, 0.25) is 17.6 Å². The lowest BCUT2D eigenvalue weighted by molar-refractivity contribution is -0.116. The maximum Gasteiger partial charge on any atom is 0.330 e. The summed E-state index contributed by atoms with van der Waals surface area (Å²) in [6.45, 7) is 0.527. The second kappa shape index (κ2) is 9.97. The fraction of sp³-hybridized carbons (Fsp3) is 0.350. The van der Waals surface area contributed by atoms with Crippen molar-refractivity contribution in [3.05, 3.63) is 62.1 Å². The molecule has 3 aromatic heterocycles. The average molecular weight is 430 g/mol. The number of aromatic nitrogens is 4. The molecule has 3 aromatic rings. The van der Waals surface area contributed by atoms with Gasteiger partial charge in [0.05, 0.1) is 10.4 Å². The summed E-state index contributed by atoms with van der Waals surface area (Å²) in [5.41, 5.74) is -0.577. The van der Waals surface area contributed by atoms with Crippen LogP contribution < -0.4 is 16.6 Å². The van der Waals surface area contributed by atoms with E-state index in [9.17, 15) is 14.4 Å². The number of carbonyl (C=O) groups excluding carboxylic acids is 1. The Balaban J connectivity index is 1.37. The van der Waals surface area contributed by atoms with Crippen LogP contribution in [-0.2, 0) is 25.3 Å². The number of nitrogens with zero attached hydrogens (tertiary/aromatic N) is 4. The number of nitrogens with one attached hydrogen (secondary N) is 1. The molecular weight excluding hydrogens is 406 g/mol. The normalized spacial score (nSPS) is 11.3. The van der Waals surface area contributed by atoms with E-state index in [0.717, 1.165) is 28.7 Å². The summed E-state index contributed by atoms with van der Waals surface area (Å²) in [4.78, 5) is 41.0. The lowest BCUT2D eigenvalue weighted by Crippen LogP contribution is -2.37. The maximum atomic E-state index is 12.0. The smallest absolute Gasteiger partial charge is 0.330 e. The molecule has 0 aromatic carbocycles. The van der Waals surface area contributed by atoms with Crippen LogP contribution >= 0.6 is 11.3 Å². The Morgan fingerprint density at radius 1 is 1.27 bits per heavy atom. The molecule has 10 heteroatoms. The summed E-state index contributed by atoms with van der Waals surface area (Å²) < 4.78 is 7.56. The topological polar surface area (TPSA) is 112 Å². The van der Waals surface area contributed by atoms with Gasteiger partial charge in [0, 0.05) is 39.3 Å². The van der Waals surface area contributed by atoms with Gasteiger partial charge in [0.15, 0.2) is 0 Å². The van der Waals surface area contributed by atoms with Crippen molar-refractivity contribution in [1.82, 2.24) is 24.6 Å². The first kappa shape index (κ1) is 21.4. The van der Waals surface area contributed by atoms with Gasteiger partial charge in [-0.05, 0) is 30.4 Å². The van der Waals surface area contributed by atoms with Crippen molar-refractivity contribution in [3.63, 3.8) is 0 Å². The zero-order chi connectivity index (χ0) is 21.5. The molecule has 0 unspecified atom stereocenters. The molecule has 30 heavy (non-hydrogen) atoms. The van der Waals surface area contributed by atoms with Crippen molar-refractivity contribution in [2.75, 3.05) is 6.54 Å². The molecule has 0 aliphatic rings. The molecule has 3 rings (SSSR count). The van der Waals surface area contributed by atoms with Crippen LogP contribution in [0.5, 0.6) is 0 Å². The van der Waals surface area contributed by atoms with Gasteiger partial charge in [-0.25, -0.2) is 4.79 Å². The molecule has 1 amide bonds. The molecule has 0 saturated heterocycles. The standard InChI is InChI=1S/C20H23N5O4S/c1-24-13-14(19(27)25(2)20(24)28)9-10-16(26)21-11-5-3-4-8-17-22-18(23-29-17)15-7-6-12-30-15/h6-7,9-10,12-13H,3-5,8,11H2,1-2H3,(H,21,26). The van der Waals surface area contributed by atoms with Crippen molar-refractivity contribution in [1.29, 1.82) is 0 Å². The van der Waals surface area contributed by atoms with Crippen LogP contribution in [0.3, 0.4) is 0 Å². The minimum Gasteiger partial charge on any atom is -0.353 e. The Kier molecular flexibility index (Phi) is 7.12. The van der Waals surface area contributed by atoms with Crippen molar-refractivity contribution in [2.45, 2.75) is 25.7 Å². The third kappa shape index (κ3) is 5.41. The Labute approximate surface area is 176 Å². The van der Waals surface area contributed by atoms with Crippen LogP contribution in [-0.4, -0.2) is 31.7 Å². The third-order valence-electron chi connectivity index (χ3n) is 4.46. The maximum absolute atomic E-state index is 12.0. The van der Waals surface area contributed by atoms with E-state index in [1.165, 1.54) is 30.0 Å². The van der Waals surface area contributed by atoms with E-state index in [1.807, 2.05) is 17.5 Å². The highest BCUT2D eigenvalue weighted by Crippen LogP contribution is 2.21. The van der Waals surface area contributed by atoms with Gasteiger partial charge in [-0.1, -0.05) is 17.6 Å². The van der Waals surface area contributed by atoms with E-state index in [-0.39, 0.29) is 11.5 Å². The number of aryl methyl sites for hydroxylation is 2. The predicted octanol–water partition coefficient (Wildman–Crippen LogP) is 1.74. The molecule has 9 nitrogen and oxygen atoms in total. The lowest BCUT2D eigenvalue weighted by atomic mass is 10.2. The van der Waals surface area contributed by atoms with Crippen molar-refractivity contribution < 1.29 is 9.32 Å². The number of carbonyl (C=O) groups is 1. The largest absolute Gasteiger partial charge is 0.353 e. The van der Waals surface area contributed by atoms with E-state index in [0.29, 0.717) is 24.7 Å². The Morgan fingerprint density at radius 3 is 2.87 bits per heavy atom. The second-order valence-electron chi connectivity index (χ2n) is 6.77. The SMILES string of the molecule is Cn1cc(C=CC(=O)NCCCCCc2nc(-c3cccs3)no2)c(=O)n(C)c1=O. The number of hydrogen-bond acceptors (Lipinski definition) is 7. The molecule has 1 N–H and O–H groups in total. The Hall–Kier alpha value is -3.27. The first-order chi connectivity index (χ1) is 14.5. The van der Waals surface area contributed by atoms with E-state index < -0.39 is 11.2 Å². The first-order valence-corrected chi connectivity index (χ1v) is 10.4. The highest BCUT2D eigenvalue weighted by atomic mass is 32.1. The third-order valence-corrected chi connectivity index (χ3v) is 5.33. The second-order valence-corrected chi connectivity index (χ2v) is 7.71. The zero-order valence-electron chi connectivity index (χ0n) is 16.8. The summed E-state index contributed by atoms with van der Waals surface area (Å²) in [5, 5.41) is 8.73. The molecule has 0 spiro atoms. The molecule has 158 valence electrons. The Morgan fingerprint density at radius 2 is 2.10 bits per heavy atom. The number of thiophene rings is 1. The van der Waals surface area contributed by atoms with Gasteiger partial charge in [-0.2, -0.15) is 4.98 Å². The highest BCUT2D eigenvalue weighted by molar-refractivity contribution is 7.13. The number of hydrogen-bond donors (Lipinski definition) is 1. The summed E-state index contributed by atoms with van der Waals surface area (Å²) >= 11 is 1.57.